The Morgan fingerprint density at radius 2 is 1.93 bits per heavy atom. The molecule has 1 aromatic heterocycles. The Hall–Kier alpha value is -0.830. The molecule has 1 fully saturated rings. The van der Waals surface area contributed by atoms with Gasteiger partial charge in [-0.3, -0.25) is 0 Å². The average Bonchev–Trinajstić information content (AvgIpc) is 2.86. The van der Waals surface area contributed by atoms with Crippen LogP contribution in [0.1, 0.15) is 25.7 Å². The fourth-order valence-electron chi connectivity index (χ4n) is 2.01. The Morgan fingerprint density at radius 1 is 1.14 bits per heavy atom. The number of hydrogen-bond acceptors (Lipinski definition) is 2. The number of rotatable bonds is 5. The van der Waals surface area contributed by atoms with Crippen molar-refractivity contribution in [2.45, 2.75) is 32.2 Å². The van der Waals surface area contributed by atoms with E-state index < -0.39 is 0 Å². The molecular weight excluding hydrogens is 174 g/mol. The smallest absolute Gasteiger partial charge is 0.108 e. The van der Waals surface area contributed by atoms with Gasteiger partial charge < -0.3 is 9.47 Å². The first-order chi connectivity index (χ1) is 6.95. The number of aryl methyl sites for hydroxylation is 1. The van der Waals surface area contributed by atoms with Crippen LogP contribution >= 0.6 is 0 Å². The molecule has 0 aliphatic carbocycles. The molecule has 77 valence electrons. The van der Waals surface area contributed by atoms with E-state index in [-0.39, 0.29) is 0 Å². The lowest BCUT2D eigenvalue weighted by atomic mass is 10.3. The third-order valence-electron chi connectivity index (χ3n) is 2.84. The van der Waals surface area contributed by atoms with Crippen molar-refractivity contribution in [3.05, 3.63) is 18.7 Å². The van der Waals surface area contributed by atoms with Gasteiger partial charge in [0.25, 0.3) is 0 Å². The van der Waals surface area contributed by atoms with E-state index in [9.17, 15) is 0 Å². The molecule has 0 aromatic carbocycles. The molecule has 1 saturated heterocycles. The van der Waals surface area contributed by atoms with Gasteiger partial charge in [-0.15, -0.1) is 0 Å². The van der Waals surface area contributed by atoms with Crippen LogP contribution in [0, 0.1) is 6.20 Å². The molecule has 0 N–H and O–H groups in total. The van der Waals surface area contributed by atoms with Gasteiger partial charge >= 0.3 is 0 Å². The number of unbranched alkanes of at least 4 members (excludes halogenated alkanes) is 1. The summed E-state index contributed by atoms with van der Waals surface area (Å²) in [5.74, 6) is 0. The lowest BCUT2D eigenvalue weighted by molar-refractivity contribution is 0.326. The molecular formula is C11H18N3. The van der Waals surface area contributed by atoms with E-state index in [1.165, 1.54) is 45.3 Å². The van der Waals surface area contributed by atoms with Gasteiger partial charge in [-0.05, 0) is 45.3 Å². The highest BCUT2D eigenvalue weighted by molar-refractivity contribution is 4.72. The second kappa shape index (κ2) is 5.15. The van der Waals surface area contributed by atoms with E-state index >= 15 is 0 Å². The molecule has 14 heavy (non-hydrogen) atoms. The quantitative estimate of drug-likeness (QED) is 0.660. The van der Waals surface area contributed by atoms with Gasteiger partial charge in [-0.2, -0.15) is 0 Å². The fraction of sp³-hybridized carbons (Fsp3) is 0.727. The molecule has 2 rings (SSSR count). The summed E-state index contributed by atoms with van der Waals surface area (Å²) in [6.07, 6.45) is 11.9. The Kier molecular flexibility index (Phi) is 3.57. The maximum absolute atomic E-state index is 3.91. The van der Waals surface area contributed by atoms with Gasteiger partial charge in [0.05, 0.1) is 6.33 Å². The average molecular weight is 192 g/mol. The van der Waals surface area contributed by atoms with E-state index in [2.05, 4.69) is 20.6 Å². The van der Waals surface area contributed by atoms with Gasteiger partial charge in [-0.1, -0.05) is 0 Å². The summed E-state index contributed by atoms with van der Waals surface area (Å²) in [6.45, 7) is 5.00. The molecule has 0 spiro atoms. The molecule has 0 unspecified atom stereocenters. The Morgan fingerprint density at radius 3 is 2.64 bits per heavy atom. The Bertz CT molecular complexity index is 237. The van der Waals surface area contributed by atoms with Crippen molar-refractivity contribution in [2.75, 3.05) is 19.6 Å². The first-order valence-electron chi connectivity index (χ1n) is 5.55. The van der Waals surface area contributed by atoms with E-state index in [0.717, 1.165) is 6.54 Å². The zero-order chi connectivity index (χ0) is 9.64. The summed E-state index contributed by atoms with van der Waals surface area (Å²) in [5.41, 5.74) is 0. The number of hydrogen-bond donors (Lipinski definition) is 0. The monoisotopic (exact) mass is 192 g/mol. The normalized spacial score (nSPS) is 17.7. The summed E-state index contributed by atoms with van der Waals surface area (Å²) in [7, 11) is 0. The van der Waals surface area contributed by atoms with Crippen molar-refractivity contribution in [1.82, 2.24) is 14.5 Å². The van der Waals surface area contributed by atoms with Crippen LogP contribution in [0.25, 0.3) is 0 Å². The zero-order valence-corrected chi connectivity index (χ0v) is 8.65. The summed E-state index contributed by atoms with van der Waals surface area (Å²) >= 11 is 0. The standard InChI is InChI=1S/C11H18N3/c1-2-7-13(6-1)8-3-4-9-14-10-5-12-11-14/h10-11H,1-4,6-9H2. The maximum atomic E-state index is 3.91. The third-order valence-corrected chi connectivity index (χ3v) is 2.84. The minimum Gasteiger partial charge on any atom is -0.337 e. The van der Waals surface area contributed by atoms with Crippen molar-refractivity contribution >= 4 is 0 Å². The first kappa shape index (κ1) is 9.71. The summed E-state index contributed by atoms with van der Waals surface area (Å²) in [4.78, 5) is 6.48. The molecule has 0 atom stereocenters. The first-order valence-corrected chi connectivity index (χ1v) is 5.55. The second-order valence-corrected chi connectivity index (χ2v) is 4.00. The van der Waals surface area contributed by atoms with Gasteiger partial charge in [0.15, 0.2) is 0 Å². The Labute approximate surface area is 85.7 Å². The number of aromatic nitrogens is 2. The number of imidazole rings is 1. The lowest BCUT2D eigenvalue weighted by Gasteiger charge is -2.13. The van der Waals surface area contributed by atoms with Crippen LogP contribution in [0.2, 0.25) is 0 Å². The van der Waals surface area contributed by atoms with Crippen LogP contribution in [0.15, 0.2) is 12.5 Å². The number of likely N-dealkylation sites (tertiary alicyclic amines) is 1. The minimum absolute atomic E-state index is 1.09. The van der Waals surface area contributed by atoms with Crippen molar-refractivity contribution < 1.29 is 0 Å². The third kappa shape index (κ3) is 2.84. The molecule has 3 nitrogen and oxygen atoms in total. The van der Waals surface area contributed by atoms with Crippen LogP contribution in [0.5, 0.6) is 0 Å². The Balaban J connectivity index is 1.55. The molecule has 1 aliphatic rings. The molecule has 0 saturated carbocycles. The van der Waals surface area contributed by atoms with Gasteiger partial charge in [0, 0.05) is 12.7 Å². The molecule has 1 aliphatic heterocycles. The molecule has 2 heterocycles. The molecule has 0 bridgehead atoms. The number of nitrogens with zero attached hydrogens (tertiary/aromatic N) is 3. The minimum atomic E-state index is 1.09. The van der Waals surface area contributed by atoms with Crippen molar-refractivity contribution in [2.24, 2.45) is 0 Å². The van der Waals surface area contributed by atoms with E-state index in [0.29, 0.717) is 0 Å². The van der Waals surface area contributed by atoms with Crippen LogP contribution in [-0.4, -0.2) is 34.1 Å². The highest BCUT2D eigenvalue weighted by Gasteiger charge is 2.09. The van der Waals surface area contributed by atoms with Crippen molar-refractivity contribution in [3.63, 3.8) is 0 Å². The van der Waals surface area contributed by atoms with E-state index in [4.69, 9.17) is 0 Å². The second-order valence-electron chi connectivity index (χ2n) is 4.00. The van der Waals surface area contributed by atoms with Gasteiger partial charge in [0.2, 0.25) is 0 Å². The largest absolute Gasteiger partial charge is 0.337 e. The molecule has 0 amide bonds. The highest BCUT2D eigenvalue weighted by atomic mass is 15.1. The summed E-state index contributed by atoms with van der Waals surface area (Å²) in [5, 5.41) is 0. The predicted molar refractivity (Wildman–Crippen MR) is 56.0 cm³/mol. The van der Waals surface area contributed by atoms with Crippen LogP contribution in [0.3, 0.4) is 0 Å². The van der Waals surface area contributed by atoms with Crippen molar-refractivity contribution in [1.29, 1.82) is 0 Å². The highest BCUT2D eigenvalue weighted by Crippen LogP contribution is 2.08. The SMILES string of the molecule is [c]1cn(CCCCN2CCCC2)cn1. The summed E-state index contributed by atoms with van der Waals surface area (Å²) in [6, 6.07) is 0. The fourth-order valence-corrected chi connectivity index (χ4v) is 2.01. The zero-order valence-electron chi connectivity index (χ0n) is 8.65. The van der Waals surface area contributed by atoms with Gasteiger partial charge in [-0.25, -0.2) is 4.98 Å². The molecule has 3 heteroatoms. The maximum Gasteiger partial charge on any atom is 0.108 e. The molecule has 1 radical (unpaired) electrons. The van der Waals surface area contributed by atoms with Crippen LogP contribution in [-0.2, 0) is 6.54 Å². The van der Waals surface area contributed by atoms with Gasteiger partial charge in [0.1, 0.15) is 6.20 Å². The van der Waals surface area contributed by atoms with Crippen LogP contribution < -0.4 is 0 Å². The lowest BCUT2D eigenvalue weighted by Crippen LogP contribution is -2.20. The summed E-state index contributed by atoms with van der Waals surface area (Å²) < 4.78 is 2.10. The van der Waals surface area contributed by atoms with E-state index in [1.807, 2.05) is 12.5 Å². The topological polar surface area (TPSA) is 21.1 Å². The van der Waals surface area contributed by atoms with E-state index in [1.54, 1.807) is 0 Å². The molecule has 1 aromatic rings. The van der Waals surface area contributed by atoms with Crippen LogP contribution in [0.4, 0.5) is 0 Å². The van der Waals surface area contributed by atoms with Crippen molar-refractivity contribution in [3.8, 4) is 0 Å². The predicted octanol–water partition coefficient (Wildman–Crippen LogP) is 1.56.